The van der Waals surface area contributed by atoms with Crippen molar-refractivity contribution in [3.63, 3.8) is 0 Å². The summed E-state index contributed by atoms with van der Waals surface area (Å²) >= 11 is 0. The van der Waals surface area contributed by atoms with E-state index in [0.29, 0.717) is 31.6 Å². The standard InChI is InChI=1S/C19H26N4O2.HI/c1-15(13-24-3)23-19(20-2)22-12-17-10-7-11-21-18(17)25-14-16-8-5-4-6-9-16;/h4-11,15H,12-14H2,1-3H3,(H2,20,22,23);1H. The van der Waals surface area contributed by atoms with Gasteiger partial charge in [0, 0.05) is 38.5 Å². The third-order valence-corrected chi connectivity index (χ3v) is 3.54. The topological polar surface area (TPSA) is 67.8 Å². The van der Waals surface area contributed by atoms with Crippen LogP contribution in [0.25, 0.3) is 0 Å². The van der Waals surface area contributed by atoms with Gasteiger partial charge in [-0.05, 0) is 18.6 Å². The number of hydrogen-bond acceptors (Lipinski definition) is 4. The zero-order chi connectivity index (χ0) is 17.9. The molecule has 7 heteroatoms. The van der Waals surface area contributed by atoms with Gasteiger partial charge in [0.1, 0.15) is 6.61 Å². The highest BCUT2D eigenvalue weighted by molar-refractivity contribution is 14.0. The molecule has 6 nitrogen and oxygen atoms in total. The highest BCUT2D eigenvalue weighted by atomic mass is 127. The number of halogens is 1. The van der Waals surface area contributed by atoms with Gasteiger partial charge in [-0.15, -0.1) is 24.0 Å². The van der Waals surface area contributed by atoms with Gasteiger partial charge in [-0.25, -0.2) is 4.98 Å². The second kappa shape index (κ2) is 12.5. The molecule has 1 heterocycles. The number of benzene rings is 1. The molecule has 26 heavy (non-hydrogen) atoms. The first-order chi connectivity index (χ1) is 12.2. The van der Waals surface area contributed by atoms with Crippen molar-refractivity contribution in [2.75, 3.05) is 20.8 Å². The zero-order valence-corrected chi connectivity index (χ0v) is 17.8. The Morgan fingerprint density at radius 2 is 1.96 bits per heavy atom. The van der Waals surface area contributed by atoms with Crippen molar-refractivity contribution in [1.29, 1.82) is 0 Å². The molecular formula is C19H27IN4O2. The average molecular weight is 470 g/mol. The molecule has 0 radical (unpaired) electrons. The summed E-state index contributed by atoms with van der Waals surface area (Å²) in [6, 6.07) is 14.1. The number of nitrogens with one attached hydrogen (secondary N) is 2. The zero-order valence-electron chi connectivity index (χ0n) is 15.4. The van der Waals surface area contributed by atoms with Crippen molar-refractivity contribution >= 4 is 29.9 Å². The molecule has 0 bridgehead atoms. The number of aliphatic imine (C=N–C) groups is 1. The minimum Gasteiger partial charge on any atom is -0.473 e. The lowest BCUT2D eigenvalue weighted by Crippen LogP contribution is -2.43. The lowest BCUT2D eigenvalue weighted by atomic mass is 10.2. The van der Waals surface area contributed by atoms with E-state index in [1.807, 2.05) is 49.4 Å². The Hall–Kier alpha value is -1.87. The fourth-order valence-electron chi connectivity index (χ4n) is 2.31. The molecule has 1 aromatic carbocycles. The first-order valence-electron chi connectivity index (χ1n) is 8.29. The van der Waals surface area contributed by atoms with Gasteiger partial charge in [-0.1, -0.05) is 36.4 Å². The van der Waals surface area contributed by atoms with E-state index in [1.165, 1.54) is 0 Å². The molecule has 2 rings (SSSR count). The van der Waals surface area contributed by atoms with E-state index in [9.17, 15) is 0 Å². The van der Waals surface area contributed by atoms with Crippen LogP contribution >= 0.6 is 24.0 Å². The number of aromatic nitrogens is 1. The number of guanidine groups is 1. The number of nitrogens with zero attached hydrogens (tertiary/aromatic N) is 2. The van der Waals surface area contributed by atoms with E-state index >= 15 is 0 Å². The number of rotatable bonds is 8. The van der Waals surface area contributed by atoms with Gasteiger partial charge < -0.3 is 20.1 Å². The monoisotopic (exact) mass is 470 g/mol. The smallest absolute Gasteiger partial charge is 0.218 e. The van der Waals surface area contributed by atoms with E-state index < -0.39 is 0 Å². The molecule has 0 amide bonds. The van der Waals surface area contributed by atoms with Crippen molar-refractivity contribution in [3.8, 4) is 5.88 Å². The van der Waals surface area contributed by atoms with E-state index in [1.54, 1.807) is 20.4 Å². The summed E-state index contributed by atoms with van der Waals surface area (Å²) in [5, 5.41) is 6.54. The summed E-state index contributed by atoms with van der Waals surface area (Å²) in [5.74, 6) is 1.33. The lowest BCUT2D eigenvalue weighted by Gasteiger charge is -2.18. The molecule has 2 N–H and O–H groups in total. The minimum absolute atomic E-state index is 0. The van der Waals surface area contributed by atoms with Crippen molar-refractivity contribution in [2.24, 2.45) is 4.99 Å². The van der Waals surface area contributed by atoms with Crippen LogP contribution in [-0.4, -0.2) is 37.7 Å². The molecule has 0 saturated heterocycles. The SMILES string of the molecule is CN=C(NCc1cccnc1OCc1ccccc1)NC(C)COC.I. The summed E-state index contributed by atoms with van der Waals surface area (Å²) < 4.78 is 11.0. The first kappa shape index (κ1) is 22.2. The molecule has 0 fully saturated rings. The molecule has 1 aromatic heterocycles. The summed E-state index contributed by atoms with van der Waals surface area (Å²) in [7, 11) is 3.42. The summed E-state index contributed by atoms with van der Waals surface area (Å²) in [6.45, 7) is 3.70. The second-order valence-electron chi connectivity index (χ2n) is 5.67. The number of methoxy groups -OCH3 is 1. The normalized spacial score (nSPS) is 12.0. The Labute approximate surface area is 172 Å². The first-order valence-corrected chi connectivity index (χ1v) is 8.29. The Morgan fingerprint density at radius 1 is 1.19 bits per heavy atom. The van der Waals surface area contributed by atoms with Crippen LogP contribution in [0.3, 0.4) is 0 Å². The van der Waals surface area contributed by atoms with Gasteiger partial charge in [0.15, 0.2) is 5.96 Å². The highest BCUT2D eigenvalue weighted by Crippen LogP contribution is 2.15. The fourth-order valence-corrected chi connectivity index (χ4v) is 2.31. The molecular weight excluding hydrogens is 443 g/mol. The number of pyridine rings is 1. The third-order valence-electron chi connectivity index (χ3n) is 3.54. The summed E-state index contributed by atoms with van der Waals surface area (Å²) in [6.07, 6.45) is 1.73. The Balaban J connectivity index is 0.00000338. The third kappa shape index (κ3) is 7.57. The molecule has 0 saturated carbocycles. The quantitative estimate of drug-likeness (QED) is 0.353. The van der Waals surface area contributed by atoms with E-state index in [0.717, 1.165) is 11.1 Å². The van der Waals surface area contributed by atoms with Crippen LogP contribution in [-0.2, 0) is 17.9 Å². The van der Waals surface area contributed by atoms with E-state index in [2.05, 4.69) is 20.6 Å². The highest BCUT2D eigenvalue weighted by Gasteiger charge is 2.08. The maximum atomic E-state index is 5.88. The number of ether oxygens (including phenoxy) is 2. The van der Waals surface area contributed by atoms with Crippen molar-refractivity contribution in [1.82, 2.24) is 15.6 Å². The second-order valence-corrected chi connectivity index (χ2v) is 5.67. The van der Waals surface area contributed by atoms with Gasteiger partial charge in [0.25, 0.3) is 0 Å². The van der Waals surface area contributed by atoms with Gasteiger partial charge >= 0.3 is 0 Å². The number of hydrogen-bond donors (Lipinski definition) is 2. The maximum absolute atomic E-state index is 5.88. The molecule has 0 aliphatic heterocycles. The van der Waals surface area contributed by atoms with Gasteiger partial charge in [0.2, 0.25) is 5.88 Å². The van der Waals surface area contributed by atoms with Gasteiger partial charge in [-0.3, -0.25) is 4.99 Å². The van der Waals surface area contributed by atoms with Crippen LogP contribution in [0, 0.1) is 0 Å². The van der Waals surface area contributed by atoms with E-state index in [4.69, 9.17) is 9.47 Å². The molecule has 0 aliphatic rings. The summed E-state index contributed by atoms with van der Waals surface area (Å²) in [4.78, 5) is 8.57. The molecule has 0 aliphatic carbocycles. The fraction of sp³-hybridized carbons (Fsp3) is 0.368. The van der Waals surface area contributed by atoms with Crippen LogP contribution in [0.1, 0.15) is 18.1 Å². The molecule has 1 atom stereocenters. The van der Waals surface area contributed by atoms with Gasteiger partial charge in [-0.2, -0.15) is 0 Å². The molecule has 0 spiro atoms. The molecule has 2 aromatic rings. The largest absolute Gasteiger partial charge is 0.473 e. The average Bonchev–Trinajstić information content (AvgIpc) is 2.65. The van der Waals surface area contributed by atoms with Gasteiger partial charge in [0.05, 0.1) is 6.61 Å². The van der Waals surface area contributed by atoms with Crippen molar-refractivity contribution in [3.05, 3.63) is 59.8 Å². The van der Waals surface area contributed by atoms with Crippen LogP contribution in [0.15, 0.2) is 53.7 Å². The minimum atomic E-state index is 0. The summed E-state index contributed by atoms with van der Waals surface area (Å²) in [5.41, 5.74) is 2.08. The lowest BCUT2D eigenvalue weighted by molar-refractivity contribution is 0.179. The predicted molar refractivity (Wildman–Crippen MR) is 115 cm³/mol. The van der Waals surface area contributed by atoms with Crippen molar-refractivity contribution in [2.45, 2.75) is 26.1 Å². The molecule has 1 unspecified atom stereocenters. The van der Waals surface area contributed by atoms with Crippen LogP contribution < -0.4 is 15.4 Å². The Kier molecular flexibility index (Phi) is 10.6. The van der Waals surface area contributed by atoms with Crippen LogP contribution in [0.4, 0.5) is 0 Å². The van der Waals surface area contributed by atoms with Crippen LogP contribution in [0.2, 0.25) is 0 Å². The predicted octanol–water partition coefficient (Wildman–Crippen LogP) is 2.98. The Morgan fingerprint density at radius 3 is 2.65 bits per heavy atom. The maximum Gasteiger partial charge on any atom is 0.218 e. The van der Waals surface area contributed by atoms with Crippen molar-refractivity contribution < 1.29 is 9.47 Å². The van der Waals surface area contributed by atoms with E-state index in [-0.39, 0.29) is 30.0 Å². The van der Waals surface area contributed by atoms with Crippen LogP contribution in [0.5, 0.6) is 5.88 Å². The Bertz CT molecular complexity index is 668. The molecule has 142 valence electrons.